The van der Waals surface area contributed by atoms with E-state index in [0.717, 1.165) is 25.7 Å². The molecule has 6 nitrogen and oxygen atoms in total. The van der Waals surface area contributed by atoms with E-state index in [1.54, 1.807) is 17.9 Å². The molecule has 1 heterocycles. The number of carbonyl (C=O) groups excluding carboxylic acids is 2. The van der Waals surface area contributed by atoms with E-state index in [4.69, 9.17) is 4.52 Å². The van der Waals surface area contributed by atoms with Crippen molar-refractivity contribution >= 4 is 17.6 Å². The molecule has 0 bridgehead atoms. The van der Waals surface area contributed by atoms with Crippen LogP contribution >= 0.6 is 0 Å². The minimum atomic E-state index is -0.214. The summed E-state index contributed by atoms with van der Waals surface area (Å²) in [7, 11) is 0. The summed E-state index contributed by atoms with van der Waals surface area (Å²) >= 11 is 0. The molecule has 1 fully saturated rings. The van der Waals surface area contributed by atoms with Crippen LogP contribution in [0, 0.1) is 12.8 Å². The highest BCUT2D eigenvalue weighted by atomic mass is 16.5. The summed E-state index contributed by atoms with van der Waals surface area (Å²) in [6.45, 7) is 4.80. The van der Waals surface area contributed by atoms with Gasteiger partial charge in [0.25, 0.3) is 0 Å². The fourth-order valence-corrected chi connectivity index (χ4v) is 3.39. The number of rotatable bonds is 15. The van der Waals surface area contributed by atoms with Gasteiger partial charge in [0, 0.05) is 19.0 Å². The van der Waals surface area contributed by atoms with E-state index < -0.39 is 0 Å². The highest BCUT2D eigenvalue weighted by molar-refractivity contribution is 5.93. The Balaban J connectivity index is 1.63. The number of amides is 2. The molecule has 1 aliphatic carbocycles. The van der Waals surface area contributed by atoms with Crippen LogP contribution in [0.3, 0.4) is 0 Å². The zero-order valence-corrected chi connectivity index (χ0v) is 17.7. The molecule has 1 aromatic heterocycles. The molecule has 2 rings (SSSR count). The lowest BCUT2D eigenvalue weighted by Crippen LogP contribution is -2.39. The van der Waals surface area contributed by atoms with Gasteiger partial charge in [0.15, 0.2) is 5.82 Å². The Kier molecular flexibility index (Phi) is 10.1. The Bertz CT molecular complexity index is 596. The first-order valence-electron chi connectivity index (χ1n) is 11.1. The molecule has 1 aromatic rings. The highest BCUT2D eigenvalue weighted by Crippen LogP contribution is 2.30. The summed E-state index contributed by atoms with van der Waals surface area (Å²) in [5.41, 5.74) is 0. The van der Waals surface area contributed by atoms with E-state index in [0.29, 0.717) is 30.5 Å². The normalized spacial score (nSPS) is 13.5. The molecule has 158 valence electrons. The van der Waals surface area contributed by atoms with E-state index in [-0.39, 0.29) is 18.4 Å². The topological polar surface area (TPSA) is 75.4 Å². The van der Waals surface area contributed by atoms with E-state index in [2.05, 4.69) is 17.4 Å². The third-order valence-electron chi connectivity index (χ3n) is 5.25. The highest BCUT2D eigenvalue weighted by Gasteiger charge is 2.27. The second-order valence-corrected chi connectivity index (χ2v) is 8.17. The SMILES string of the molecule is CCCCCCCCCCCC(=O)N(CC(=O)Nc1cc(C)on1)CC1CC1. The maximum atomic E-state index is 12.6. The van der Waals surface area contributed by atoms with Gasteiger partial charge in [-0.3, -0.25) is 9.59 Å². The minimum absolute atomic E-state index is 0.0959. The Morgan fingerprint density at radius 3 is 2.32 bits per heavy atom. The summed E-state index contributed by atoms with van der Waals surface area (Å²) < 4.78 is 4.96. The van der Waals surface area contributed by atoms with Crippen molar-refractivity contribution in [3.8, 4) is 0 Å². The lowest BCUT2D eigenvalue weighted by atomic mass is 10.1. The van der Waals surface area contributed by atoms with Crippen LogP contribution in [0.1, 0.15) is 89.7 Å². The molecule has 0 atom stereocenters. The summed E-state index contributed by atoms with van der Waals surface area (Å²) in [5, 5.41) is 6.48. The van der Waals surface area contributed by atoms with Gasteiger partial charge in [-0.25, -0.2) is 0 Å². The zero-order valence-electron chi connectivity index (χ0n) is 17.7. The van der Waals surface area contributed by atoms with Crippen molar-refractivity contribution in [3.63, 3.8) is 0 Å². The van der Waals surface area contributed by atoms with E-state index in [1.807, 2.05) is 0 Å². The van der Waals surface area contributed by atoms with Crippen LogP contribution in [0.15, 0.2) is 10.6 Å². The van der Waals surface area contributed by atoms with Gasteiger partial charge in [-0.2, -0.15) is 0 Å². The number of unbranched alkanes of at least 4 members (excludes halogenated alkanes) is 8. The van der Waals surface area contributed by atoms with Gasteiger partial charge in [0.1, 0.15) is 5.76 Å². The molecule has 28 heavy (non-hydrogen) atoms. The molecule has 2 amide bonds. The van der Waals surface area contributed by atoms with Gasteiger partial charge in [-0.05, 0) is 32.1 Å². The van der Waals surface area contributed by atoms with Crippen molar-refractivity contribution in [2.75, 3.05) is 18.4 Å². The van der Waals surface area contributed by atoms with Gasteiger partial charge in [-0.15, -0.1) is 0 Å². The van der Waals surface area contributed by atoms with Crippen molar-refractivity contribution in [2.45, 2.75) is 90.9 Å². The molecule has 1 N–H and O–H groups in total. The second kappa shape index (κ2) is 12.6. The lowest BCUT2D eigenvalue weighted by molar-refractivity contribution is -0.135. The molecular weight excluding hydrogens is 354 g/mol. The fourth-order valence-electron chi connectivity index (χ4n) is 3.39. The van der Waals surface area contributed by atoms with Crippen LogP contribution in [0.25, 0.3) is 0 Å². The Hall–Kier alpha value is -1.85. The Morgan fingerprint density at radius 2 is 1.75 bits per heavy atom. The number of aryl methyl sites for hydroxylation is 1. The predicted molar refractivity (Wildman–Crippen MR) is 111 cm³/mol. The summed E-state index contributed by atoms with van der Waals surface area (Å²) in [6, 6.07) is 1.67. The summed E-state index contributed by atoms with van der Waals surface area (Å²) in [4.78, 5) is 26.6. The van der Waals surface area contributed by atoms with Crippen LogP contribution in [0.5, 0.6) is 0 Å². The van der Waals surface area contributed by atoms with Crippen LogP contribution < -0.4 is 5.32 Å². The van der Waals surface area contributed by atoms with Gasteiger partial charge >= 0.3 is 0 Å². The quantitative estimate of drug-likeness (QED) is 0.423. The van der Waals surface area contributed by atoms with Crippen LogP contribution in [-0.4, -0.2) is 35.0 Å². The van der Waals surface area contributed by atoms with E-state index >= 15 is 0 Å². The van der Waals surface area contributed by atoms with Crippen LogP contribution in [-0.2, 0) is 9.59 Å². The first-order valence-corrected chi connectivity index (χ1v) is 11.1. The summed E-state index contributed by atoms with van der Waals surface area (Å²) in [6.07, 6.45) is 14.0. The van der Waals surface area contributed by atoms with Crippen LogP contribution in [0.4, 0.5) is 5.82 Å². The molecule has 6 heteroatoms. The number of nitrogens with zero attached hydrogens (tertiary/aromatic N) is 2. The number of hydrogen-bond acceptors (Lipinski definition) is 4. The second-order valence-electron chi connectivity index (χ2n) is 8.17. The monoisotopic (exact) mass is 391 g/mol. The molecular formula is C22H37N3O3. The molecule has 1 aliphatic rings. The molecule has 0 radical (unpaired) electrons. The standard InChI is InChI=1S/C22H37N3O3/c1-3-4-5-6-7-8-9-10-11-12-22(27)25(16-19-13-14-19)17-21(26)23-20-15-18(2)28-24-20/h15,19H,3-14,16-17H2,1-2H3,(H,23,24,26). The predicted octanol–water partition coefficient (Wildman–Crippen LogP) is 5.08. The summed E-state index contributed by atoms with van der Waals surface area (Å²) in [5.74, 6) is 1.50. The molecule has 0 aliphatic heterocycles. The number of hydrogen-bond donors (Lipinski definition) is 1. The molecule has 0 saturated heterocycles. The Morgan fingerprint density at radius 1 is 1.11 bits per heavy atom. The van der Waals surface area contributed by atoms with Crippen molar-refractivity contribution < 1.29 is 14.1 Å². The van der Waals surface area contributed by atoms with Gasteiger partial charge < -0.3 is 14.7 Å². The van der Waals surface area contributed by atoms with Crippen molar-refractivity contribution in [1.82, 2.24) is 10.1 Å². The number of anilines is 1. The maximum Gasteiger partial charge on any atom is 0.245 e. The van der Waals surface area contributed by atoms with Crippen molar-refractivity contribution in [3.05, 3.63) is 11.8 Å². The smallest absolute Gasteiger partial charge is 0.245 e. The fraction of sp³-hybridized carbons (Fsp3) is 0.773. The third kappa shape index (κ3) is 9.38. The van der Waals surface area contributed by atoms with Crippen LogP contribution in [0.2, 0.25) is 0 Å². The number of aromatic nitrogens is 1. The first-order chi connectivity index (χ1) is 13.6. The van der Waals surface area contributed by atoms with E-state index in [9.17, 15) is 9.59 Å². The van der Waals surface area contributed by atoms with Crippen molar-refractivity contribution in [2.24, 2.45) is 5.92 Å². The molecule has 0 unspecified atom stereocenters. The first kappa shape index (κ1) is 22.4. The minimum Gasteiger partial charge on any atom is -0.360 e. The third-order valence-corrected chi connectivity index (χ3v) is 5.25. The lowest BCUT2D eigenvalue weighted by Gasteiger charge is -2.22. The molecule has 1 saturated carbocycles. The van der Waals surface area contributed by atoms with Gasteiger partial charge in [0.2, 0.25) is 11.8 Å². The van der Waals surface area contributed by atoms with Crippen molar-refractivity contribution in [1.29, 1.82) is 0 Å². The largest absolute Gasteiger partial charge is 0.360 e. The Labute approximate surface area is 169 Å². The molecule has 0 spiro atoms. The number of nitrogens with one attached hydrogen (secondary N) is 1. The van der Waals surface area contributed by atoms with Gasteiger partial charge in [0.05, 0.1) is 6.54 Å². The zero-order chi connectivity index (χ0) is 20.2. The number of carbonyl (C=O) groups is 2. The van der Waals surface area contributed by atoms with E-state index in [1.165, 1.54) is 44.9 Å². The average Bonchev–Trinajstić information content (AvgIpc) is 3.39. The maximum absolute atomic E-state index is 12.6. The molecule has 0 aromatic carbocycles. The average molecular weight is 392 g/mol. The van der Waals surface area contributed by atoms with Gasteiger partial charge in [-0.1, -0.05) is 63.4 Å².